The first-order chi connectivity index (χ1) is 16.4. The first-order valence-electron chi connectivity index (χ1n) is 10.9. The van der Waals surface area contributed by atoms with Crippen molar-refractivity contribution >= 4 is 52.0 Å². The number of fused-ring (bicyclic) bond motifs is 1. The first-order valence-corrected chi connectivity index (χ1v) is 11.7. The number of amides is 1. The number of halogens is 2. The normalized spacial score (nSPS) is 12.3. The number of anilines is 1. The highest BCUT2D eigenvalue weighted by Gasteiger charge is 2.12. The maximum Gasteiger partial charge on any atom is 0.248 e. The molecule has 1 unspecified atom stereocenters. The molecule has 1 amide bonds. The molecule has 0 spiro atoms. The maximum atomic E-state index is 12.5. The van der Waals surface area contributed by atoms with Gasteiger partial charge in [-0.05, 0) is 66.4 Å². The summed E-state index contributed by atoms with van der Waals surface area (Å²) >= 11 is 12.2. The van der Waals surface area contributed by atoms with Crippen LogP contribution in [0.4, 0.5) is 5.69 Å². The Morgan fingerprint density at radius 1 is 1.18 bits per heavy atom. The van der Waals surface area contributed by atoms with Crippen LogP contribution in [-0.2, 0) is 4.79 Å². The van der Waals surface area contributed by atoms with Crippen LogP contribution in [0.15, 0.2) is 65.1 Å². The van der Waals surface area contributed by atoms with Crippen LogP contribution in [-0.4, -0.2) is 18.0 Å². The largest absolute Gasteiger partial charge is 0.495 e. The summed E-state index contributed by atoms with van der Waals surface area (Å²) in [5, 5.41) is 3.68. The van der Waals surface area contributed by atoms with Gasteiger partial charge in [-0.1, -0.05) is 49.2 Å². The molecule has 0 fully saturated rings. The predicted octanol–water partition coefficient (Wildman–Crippen LogP) is 7.98. The number of rotatable bonds is 7. The van der Waals surface area contributed by atoms with Crippen molar-refractivity contribution in [1.82, 2.24) is 4.98 Å². The number of aromatic nitrogens is 1. The van der Waals surface area contributed by atoms with E-state index in [0.717, 1.165) is 23.1 Å². The molecule has 0 radical (unpaired) electrons. The number of carbonyl (C=O) groups excluding carboxylic acids is 1. The molecule has 174 valence electrons. The van der Waals surface area contributed by atoms with Crippen molar-refractivity contribution in [3.63, 3.8) is 0 Å². The highest BCUT2D eigenvalue weighted by molar-refractivity contribution is 6.36. The molecule has 0 saturated carbocycles. The van der Waals surface area contributed by atoms with Gasteiger partial charge in [-0.15, -0.1) is 0 Å². The van der Waals surface area contributed by atoms with Gasteiger partial charge in [0.1, 0.15) is 11.3 Å². The van der Waals surface area contributed by atoms with E-state index >= 15 is 0 Å². The lowest BCUT2D eigenvalue weighted by Gasteiger charge is -2.08. The third-order valence-corrected chi connectivity index (χ3v) is 6.12. The molecule has 0 aliphatic heterocycles. The number of carbonyl (C=O) groups is 1. The Hall–Kier alpha value is -3.28. The molecule has 3 aromatic carbocycles. The van der Waals surface area contributed by atoms with Crippen LogP contribution in [0, 0.1) is 0 Å². The monoisotopic (exact) mass is 494 g/mol. The number of methoxy groups -OCH3 is 1. The number of nitrogens with one attached hydrogen (secondary N) is 1. The summed E-state index contributed by atoms with van der Waals surface area (Å²) < 4.78 is 11.3. The molecule has 0 aliphatic rings. The van der Waals surface area contributed by atoms with E-state index in [-0.39, 0.29) is 5.91 Å². The summed E-state index contributed by atoms with van der Waals surface area (Å²) in [5.41, 5.74) is 4.78. The number of ether oxygens (including phenoxy) is 1. The fourth-order valence-electron chi connectivity index (χ4n) is 3.61. The smallest absolute Gasteiger partial charge is 0.248 e. The van der Waals surface area contributed by atoms with E-state index in [4.69, 9.17) is 32.4 Å². The average Bonchev–Trinajstić information content (AvgIpc) is 3.25. The molecular weight excluding hydrogens is 471 g/mol. The van der Waals surface area contributed by atoms with E-state index in [1.165, 1.54) is 18.7 Å². The van der Waals surface area contributed by atoms with Crippen molar-refractivity contribution in [2.75, 3.05) is 12.4 Å². The second-order valence-electron chi connectivity index (χ2n) is 7.97. The van der Waals surface area contributed by atoms with Gasteiger partial charge < -0.3 is 14.5 Å². The van der Waals surface area contributed by atoms with Gasteiger partial charge in [0.2, 0.25) is 11.8 Å². The third kappa shape index (κ3) is 5.27. The van der Waals surface area contributed by atoms with E-state index < -0.39 is 0 Å². The number of hydrogen-bond donors (Lipinski definition) is 1. The van der Waals surface area contributed by atoms with Gasteiger partial charge in [0.05, 0.1) is 12.1 Å². The molecule has 7 heteroatoms. The standard InChI is InChI=1S/C27H24Cl2N2O3/c1-4-16(2)17-8-10-24-23(14-17)31-27(34-24)19-6-5-7-21(13-19)30-25(32)11-9-18-12-20(28)15-22(29)26(18)33-3/h5-16H,4H2,1-3H3,(H,30,32). The minimum Gasteiger partial charge on any atom is -0.495 e. The molecule has 1 N–H and O–H groups in total. The lowest BCUT2D eigenvalue weighted by atomic mass is 9.98. The van der Waals surface area contributed by atoms with Crippen LogP contribution >= 0.6 is 23.2 Å². The van der Waals surface area contributed by atoms with Crippen LogP contribution in [0.5, 0.6) is 5.75 Å². The SMILES string of the molecule is CCC(C)c1ccc2oc(-c3cccc(NC(=O)C=Cc4cc(Cl)cc(Cl)c4OC)c3)nc2c1. The Kier molecular flexibility index (Phi) is 7.25. The van der Waals surface area contributed by atoms with Crippen molar-refractivity contribution in [3.8, 4) is 17.2 Å². The first kappa shape index (κ1) is 23.9. The lowest BCUT2D eigenvalue weighted by Crippen LogP contribution is -2.07. The van der Waals surface area contributed by atoms with Gasteiger partial charge >= 0.3 is 0 Å². The molecule has 4 rings (SSSR count). The Labute approximate surface area is 208 Å². The molecule has 1 heterocycles. The average molecular weight is 495 g/mol. The molecule has 1 aromatic heterocycles. The molecule has 34 heavy (non-hydrogen) atoms. The summed E-state index contributed by atoms with van der Waals surface area (Å²) in [4.78, 5) is 17.2. The van der Waals surface area contributed by atoms with Crippen molar-refractivity contribution in [3.05, 3.63) is 81.8 Å². The summed E-state index contributed by atoms with van der Waals surface area (Å²) in [6, 6.07) is 16.7. The van der Waals surface area contributed by atoms with E-state index in [2.05, 4.69) is 36.3 Å². The zero-order valence-electron chi connectivity index (χ0n) is 19.1. The fraction of sp³-hybridized carbons (Fsp3) is 0.185. The van der Waals surface area contributed by atoms with Gasteiger partial charge in [0, 0.05) is 27.9 Å². The second kappa shape index (κ2) is 10.3. The number of hydrogen-bond acceptors (Lipinski definition) is 4. The van der Waals surface area contributed by atoms with Crippen LogP contribution in [0.25, 0.3) is 28.6 Å². The number of benzene rings is 3. The van der Waals surface area contributed by atoms with Crippen molar-refractivity contribution in [2.24, 2.45) is 0 Å². The zero-order valence-corrected chi connectivity index (χ0v) is 20.6. The maximum absolute atomic E-state index is 12.5. The molecule has 1 atom stereocenters. The van der Waals surface area contributed by atoms with Crippen LogP contribution in [0.2, 0.25) is 10.0 Å². The fourth-order valence-corrected chi connectivity index (χ4v) is 4.20. The number of oxazole rings is 1. The Morgan fingerprint density at radius 2 is 2.00 bits per heavy atom. The molecular formula is C27H24Cl2N2O3. The van der Waals surface area contributed by atoms with Gasteiger partial charge in [0.25, 0.3) is 0 Å². The van der Waals surface area contributed by atoms with Crippen LogP contribution in [0.3, 0.4) is 0 Å². The minimum atomic E-state index is -0.314. The quantitative estimate of drug-likeness (QED) is 0.264. The molecule has 0 aliphatic carbocycles. The second-order valence-corrected chi connectivity index (χ2v) is 8.81. The molecule has 5 nitrogen and oxygen atoms in total. The van der Waals surface area contributed by atoms with Crippen LogP contribution in [0.1, 0.15) is 37.3 Å². The van der Waals surface area contributed by atoms with Crippen molar-refractivity contribution < 1.29 is 13.9 Å². The van der Waals surface area contributed by atoms with Crippen LogP contribution < -0.4 is 10.1 Å². The Morgan fingerprint density at radius 3 is 2.76 bits per heavy atom. The predicted molar refractivity (Wildman–Crippen MR) is 139 cm³/mol. The lowest BCUT2D eigenvalue weighted by molar-refractivity contribution is -0.111. The van der Waals surface area contributed by atoms with E-state index in [1.807, 2.05) is 24.3 Å². The topological polar surface area (TPSA) is 64.4 Å². The van der Waals surface area contributed by atoms with Gasteiger partial charge in [-0.3, -0.25) is 4.79 Å². The van der Waals surface area contributed by atoms with Crippen molar-refractivity contribution in [1.29, 1.82) is 0 Å². The van der Waals surface area contributed by atoms with Crippen molar-refractivity contribution in [2.45, 2.75) is 26.2 Å². The van der Waals surface area contributed by atoms with Gasteiger partial charge in [-0.25, -0.2) is 4.98 Å². The molecule has 0 bridgehead atoms. The highest BCUT2D eigenvalue weighted by Crippen LogP contribution is 2.33. The third-order valence-electron chi connectivity index (χ3n) is 5.63. The van der Waals surface area contributed by atoms with Gasteiger partial charge in [-0.2, -0.15) is 0 Å². The Balaban J connectivity index is 1.53. The number of nitrogens with zero attached hydrogens (tertiary/aromatic N) is 1. The van der Waals surface area contributed by atoms with E-state index in [1.54, 1.807) is 24.3 Å². The molecule has 0 saturated heterocycles. The molecule has 4 aromatic rings. The van der Waals surface area contributed by atoms with E-state index in [9.17, 15) is 4.79 Å². The zero-order chi connectivity index (χ0) is 24.2. The van der Waals surface area contributed by atoms with E-state index in [0.29, 0.717) is 38.9 Å². The minimum absolute atomic E-state index is 0.314. The Bertz CT molecular complexity index is 1380. The summed E-state index contributed by atoms with van der Waals surface area (Å²) in [6.45, 7) is 4.36. The summed E-state index contributed by atoms with van der Waals surface area (Å²) in [6.07, 6.45) is 4.06. The van der Waals surface area contributed by atoms with Gasteiger partial charge in [0.15, 0.2) is 5.58 Å². The summed E-state index contributed by atoms with van der Waals surface area (Å²) in [5.74, 6) is 1.09. The highest BCUT2D eigenvalue weighted by atomic mass is 35.5. The summed E-state index contributed by atoms with van der Waals surface area (Å²) in [7, 11) is 1.51.